The lowest BCUT2D eigenvalue weighted by Gasteiger charge is -2.07. The molecule has 94 valence electrons. The SMILES string of the molecule is Cc1cc(S(=O)(=O)c2ccc(Cl)cc2)ccc1N. The molecule has 0 atom stereocenters. The lowest BCUT2D eigenvalue weighted by molar-refractivity contribution is 0.596. The maximum Gasteiger partial charge on any atom is 0.206 e. The number of aryl methyl sites for hydroxylation is 1. The first kappa shape index (κ1) is 12.9. The highest BCUT2D eigenvalue weighted by Gasteiger charge is 2.17. The van der Waals surface area contributed by atoms with Gasteiger partial charge in [-0.15, -0.1) is 0 Å². The van der Waals surface area contributed by atoms with Crippen molar-refractivity contribution in [2.24, 2.45) is 0 Å². The Balaban J connectivity index is 2.54. The van der Waals surface area contributed by atoms with Gasteiger partial charge in [-0.2, -0.15) is 0 Å². The van der Waals surface area contributed by atoms with Crippen molar-refractivity contribution in [2.75, 3.05) is 5.73 Å². The van der Waals surface area contributed by atoms with Crippen molar-refractivity contribution in [1.29, 1.82) is 0 Å². The van der Waals surface area contributed by atoms with Crippen molar-refractivity contribution < 1.29 is 8.42 Å². The zero-order valence-electron chi connectivity index (χ0n) is 9.72. The highest BCUT2D eigenvalue weighted by Crippen LogP contribution is 2.24. The number of benzene rings is 2. The summed E-state index contributed by atoms with van der Waals surface area (Å²) in [6, 6.07) is 10.8. The van der Waals surface area contributed by atoms with Crippen molar-refractivity contribution in [3.05, 3.63) is 53.1 Å². The molecule has 0 aliphatic carbocycles. The molecule has 3 nitrogen and oxygen atoms in total. The van der Waals surface area contributed by atoms with Crippen LogP contribution in [0.1, 0.15) is 5.56 Å². The van der Waals surface area contributed by atoms with Gasteiger partial charge in [0.05, 0.1) is 9.79 Å². The Bertz CT molecular complexity index is 679. The van der Waals surface area contributed by atoms with Gasteiger partial charge in [-0.3, -0.25) is 0 Å². The first-order valence-electron chi connectivity index (χ1n) is 5.28. The summed E-state index contributed by atoms with van der Waals surface area (Å²) in [5.41, 5.74) is 6.99. The van der Waals surface area contributed by atoms with E-state index in [-0.39, 0.29) is 9.79 Å². The van der Waals surface area contributed by atoms with Crippen LogP contribution in [-0.2, 0) is 9.84 Å². The molecule has 0 aliphatic rings. The van der Waals surface area contributed by atoms with Crippen molar-refractivity contribution >= 4 is 27.1 Å². The second-order valence-electron chi connectivity index (χ2n) is 3.98. The first-order valence-corrected chi connectivity index (χ1v) is 7.14. The van der Waals surface area contributed by atoms with Gasteiger partial charge in [-0.25, -0.2) is 8.42 Å². The van der Waals surface area contributed by atoms with Crippen LogP contribution in [-0.4, -0.2) is 8.42 Å². The van der Waals surface area contributed by atoms with E-state index in [2.05, 4.69) is 0 Å². The van der Waals surface area contributed by atoms with Crippen molar-refractivity contribution in [3.63, 3.8) is 0 Å². The highest BCUT2D eigenvalue weighted by atomic mass is 35.5. The molecule has 2 rings (SSSR count). The van der Waals surface area contributed by atoms with Crippen LogP contribution in [0.3, 0.4) is 0 Å². The first-order chi connectivity index (χ1) is 8.41. The molecule has 0 heterocycles. The molecule has 0 radical (unpaired) electrons. The normalized spacial score (nSPS) is 11.4. The molecule has 2 aromatic carbocycles. The number of sulfone groups is 1. The molecule has 0 saturated carbocycles. The summed E-state index contributed by atoms with van der Waals surface area (Å²) < 4.78 is 24.6. The van der Waals surface area contributed by atoms with E-state index in [0.29, 0.717) is 10.7 Å². The average molecular weight is 282 g/mol. The fourth-order valence-corrected chi connectivity index (χ4v) is 3.04. The lowest BCUT2D eigenvalue weighted by atomic mass is 10.2. The van der Waals surface area contributed by atoms with Crippen molar-refractivity contribution in [3.8, 4) is 0 Å². The van der Waals surface area contributed by atoms with E-state index in [9.17, 15) is 8.42 Å². The van der Waals surface area contributed by atoms with Crippen LogP contribution < -0.4 is 5.73 Å². The monoisotopic (exact) mass is 281 g/mol. The highest BCUT2D eigenvalue weighted by molar-refractivity contribution is 7.91. The molecular weight excluding hydrogens is 270 g/mol. The third-order valence-electron chi connectivity index (χ3n) is 2.68. The maximum absolute atomic E-state index is 12.3. The van der Waals surface area contributed by atoms with Gasteiger partial charge >= 0.3 is 0 Å². The van der Waals surface area contributed by atoms with Crippen LogP contribution in [0.25, 0.3) is 0 Å². The van der Waals surface area contributed by atoms with Gasteiger partial charge in [0.2, 0.25) is 9.84 Å². The minimum absolute atomic E-state index is 0.219. The number of nitrogens with two attached hydrogens (primary N) is 1. The molecule has 18 heavy (non-hydrogen) atoms. The summed E-state index contributed by atoms with van der Waals surface area (Å²) in [6.45, 7) is 1.77. The molecule has 2 aromatic rings. The van der Waals surface area contributed by atoms with Crippen LogP contribution in [0, 0.1) is 6.92 Å². The number of anilines is 1. The summed E-state index contributed by atoms with van der Waals surface area (Å²) >= 11 is 5.74. The molecule has 2 N–H and O–H groups in total. The third kappa shape index (κ3) is 2.35. The van der Waals surface area contributed by atoms with Crippen molar-refractivity contribution in [2.45, 2.75) is 16.7 Å². The summed E-state index contributed by atoms with van der Waals surface area (Å²) in [6.07, 6.45) is 0. The van der Waals surface area contributed by atoms with Crippen LogP contribution >= 0.6 is 11.6 Å². The predicted octanol–water partition coefficient (Wildman–Crippen LogP) is 3.06. The summed E-state index contributed by atoms with van der Waals surface area (Å²) in [4.78, 5) is 0.451. The van der Waals surface area contributed by atoms with E-state index in [1.165, 1.54) is 18.2 Å². The smallest absolute Gasteiger partial charge is 0.206 e. The number of rotatable bonds is 2. The van der Waals surface area contributed by atoms with Gasteiger partial charge in [0, 0.05) is 10.7 Å². The predicted molar refractivity (Wildman–Crippen MR) is 72.5 cm³/mol. The summed E-state index contributed by atoms with van der Waals surface area (Å²) in [5, 5.41) is 0.502. The second-order valence-corrected chi connectivity index (χ2v) is 6.36. The molecule has 0 saturated heterocycles. The number of hydrogen-bond donors (Lipinski definition) is 1. The topological polar surface area (TPSA) is 60.2 Å². The molecule has 5 heteroatoms. The lowest BCUT2D eigenvalue weighted by Crippen LogP contribution is -2.03. The Hall–Kier alpha value is -1.52. The van der Waals surface area contributed by atoms with E-state index in [0.717, 1.165) is 5.56 Å². The quantitative estimate of drug-likeness (QED) is 0.861. The molecule has 0 aliphatic heterocycles. The molecule has 0 bridgehead atoms. The fraction of sp³-hybridized carbons (Fsp3) is 0.0769. The second kappa shape index (κ2) is 4.63. The largest absolute Gasteiger partial charge is 0.399 e. The zero-order valence-corrected chi connectivity index (χ0v) is 11.3. The standard InChI is InChI=1S/C13H12ClNO2S/c1-9-8-12(6-7-13(9)15)18(16,17)11-4-2-10(14)3-5-11/h2-8H,15H2,1H3. The van der Waals surface area contributed by atoms with Gasteiger partial charge < -0.3 is 5.73 Å². The summed E-state index contributed by atoms with van der Waals surface area (Å²) in [7, 11) is -3.51. The molecule has 0 aromatic heterocycles. The summed E-state index contributed by atoms with van der Waals surface area (Å²) in [5.74, 6) is 0. The fourth-order valence-electron chi connectivity index (χ4n) is 1.57. The van der Waals surface area contributed by atoms with Gasteiger partial charge in [-0.1, -0.05) is 11.6 Å². The molecular formula is C13H12ClNO2S. The van der Waals surface area contributed by atoms with Gasteiger partial charge in [0.25, 0.3) is 0 Å². The van der Waals surface area contributed by atoms with Gasteiger partial charge in [-0.05, 0) is 55.0 Å². The molecule has 0 amide bonds. The van der Waals surface area contributed by atoms with E-state index >= 15 is 0 Å². The number of hydrogen-bond acceptors (Lipinski definition) is 3. The van der Waals surface area contributed by atoms with E-state index in [1.54, 1.807) is 31.2 Å². The van der Waals surface area contributed by atoms with Crippen LogP contribution in [0.15, 0.2) is 52.3 Å². The zero-order chi connectivity index (χ0) is 13.3. The Morgan fingerprint density at radius 2 is 1.56 bits per heavy atom. The minimum atomic E-state index is -3.51. The van der Waals surface area contributed by atoms with E-state index in [4.69, 9.17) is 17.3 Å². The van der Waals surface area contributed by atoms with Crippen LogP contribution in [0.4, 0.5) is 5.69 Å². The van der Waals surface area contributed by atoms with Gasteiger partial charge in [0.1, 0.15) is 0 Å². The Labute approximate surface area is 111 Å². The molecule has 0 fully saturated rings. The molecule has 0 unspecified atom stereocenters. The third-order valence-corrected chi connectivity index (χ3v) is 4.69. The van der Waals surface area contributed by atoms with Crippen LogP contribution in [0.5, 0.6) is 0 Å². The Morgan fingerprint density at radius 3 is 2.11 bits per heavy atom. The Morgan fingerprint density at radius 1 is 1.00 bits per heavy atom. The van der Waals surface area contributed by atoms with Crippen LogP contribution in [0.2, 0.25) is 5.02 Å². The number of halogens is 1. The Kier molecular flexibility index (Phi) is 3.32. The average Bonchev–Trinajstić information content (AvgIpc) is 2.33. The van der Waals surface area contributed by atoms with Gasteiger partial charge in [0.15, 0.2) is 0 Å². The van der Waals surface area contributed by atoms with E-state index in [1.807, 2.05) is 0 Å². The number of nitrogen functional groups attached to an aromatic ring is 1. The van der Waals surface area contributed by atoms with Crippen molar-refractivity contribution in [1.82, 2.24) is 0 Å². The van der Waals surface area contributed by atoms with E-state index < -0.39 is 9.84 Å². The maximum atomic E-state index is 12.3. The minimum Gasteiger partial charge on any atom is -0.399 e. The molecule has 0 spiro atoms.